The first-order valence-corrected chi connectivity index (χ1v) is 57.6. The molecule has 0 aliphatic carbocycles. The SMILES string of the molecule is CC(=O)NCCN1CCCC(C2CN(c3cnc4c(C)nn(C(C)c5ccc(Cl)cc5Cl)c4n3)C2)C1.CC(C)S(N)(=O)=O.CC(c1ccc(Cl)cc1Cl)n1nc(C#N)c2ncc(N3CC(C4CCN(CCCO)C4)C3)nc21.CCCN1CCCC(C2CN(c3cnc4c(C)nn(C(C)c5ccc(Cl)cc5Cl)c4n3)C2)C1.Cc1nn(C(C)c2ccc(Cl)cc2Cl)c2nc(N3CC(C4CCCN(CCNS(C)(=O)=O)C4)C3)cnc12. The Morgan fingerprint density at radius 1 is 0.435 bits per heavy atom. The number of rotatable bonds is 29. The number of nitrogens with one attached hydrogen (secondary N) is 2. The van der Waals surface area contributed by atoms with Crippen LogP contribution >= 0.6 is 92.8 Å². The van der Waals surface area contributed by atoms with Crippen LogP contribution in [0.25, 0.3) is 44.7 Å². The number of likely N-dealkylation sites (tertiary alicyclic amines) is 4. The van der Waals surface area contributed by atoms with Crippen molar-refractivity contribution in [1.82, 2.24) is 109 Å². The summed E-state index contributed by atoms with van der Waals surface area (Å²) in [5.41, 5.74) is 12.4. The van der Waals surface area contributed by atoms with Crippen LogP contribution in [-0.2, 0) is 24.8 Å². The number of anilines is 4. The van der Waals surface area contributed by atoms with Gasteiger partial charge in [-0.05, 0) is 271 Å². The van der Waals surface area contributed by atoms with E-state index in [0.29, 0.717) is 93.4 Å². The van der Waals surface area contributed by atoms with E-state index in [9.17, 15) is 26.9 Å². The average Bonchev–Trinajstić information content (AvgIpc) is 1.59. The van der Waals surface area contributed by atoms with Gasteiger partial charge in [0.2, 0.25) is 26.0 Å². The Balaban J connectivity index is 0.000000137. The number of aliphatic hydroxyl groups is 1. The van der Waals surface area contributed by atoms with Gasteiger partial charge in [-0.15, -0.1) is 0 Å². The summed E-state index contributed by atoms with van der Waals surface area (Å²) in [4.78, 5) is 69.0. The predicted octanol–water partition coefficient (Wildman–Crippen LogP) is 17.1. The number of carbonyl (C=O) groups is 1. The average molecular weight is 2210 g/mol. The van der Waals surface area contributed by atoms with Crippen LogP contribution < -0.4 is 34.8 Å². The third-order valence-corrected chi connectivity index (χ3v) is 34.5. The number of primary sulfonamides is 1. The predicted molar refractivity (Wildman–Crippen MR) is 588 cm³/mol. The second-order valence-electron chi connectivity index (χ2n) is 40.9. The summed E-state index contributed by atoms with van der Waals surface area (Å²) in [6.07, 6.45) is 19.4. The van der Waals surface area contributed by atoms with Crippen LogP contribution in [-0.4, -0.2) is 289 Å². The molecule has 8 aliphatic heterocycles. The zero-order chi connectivity index (χ0) is 105. The van der Waals surface area contributed by atoms with Gasteiger partial charge in [0, 0.05) is 165 Å². The number of benzene rings is 4. The summed E-state index contributed by atoms with van der Waals surface area (Å²) in [6, 6.07) is 23.6. The lowest BCUT2D eigenvalue weighted by atomic mass is 9.80. The molecule has 44 heteroatoms. The fraction of sp³-hybridized carbons (Fsp3) is 0.553. The van der Waals surface area contributed by atoms with Gasteiger partial charge in [-0.3, -0.25) is 4.79 Å². The van der Waals surface area contributed by atoms with Crippen molar-refractivity contribution in [3.8, 4) is 6.07 Å². The van der Waals surface area contributed by atoms with Gasteiger partial charge in [0.1, 0.15) is 51.4 Å². The molecule has 147 heavy (non-hydrogen) atoms. The number of fused-ring (bicyclic) bond motifs is 4. The van der Waals surface area contributed by atoms with Crippen molar-refractivity contribution in [1.29, 1.82) is 5.26 Å². The number of nitrogens with two attached hydrogens (primary N) is 1. The number of halogens is 8. The molecule has 8 saturated heterocycles. The number of hydrogen-bond donors (Lipinski definition) is 4. The van der Waals surface area contributed by atoms with E-state index in [2.05, 4.69) is 98.2 Å². The first kappa shape index (κ1) is 111. The maximum Gasteiger partial charge on any atom is 0.216 e. The standard InChI is InChI=1S/C26H33Cl2N7O.C25H33Cl2N7O2S.C25H32Cl2N6.C24H27Cl2N7O.C3H9NO2S/c1-16-25-26(35(32-16)17(2)22-7-6-21(27)11-23(22)28)31-24(12-30-25)34-14-20(15-34)19-5-4-9-33(13-19)10-8-29-18(3)36;1-16-24-25(34(31-16)17(2)21-7-6-20(26)11-22(21)27)30-23(12-28-24)33-14-19(15-33)18-5-4-9-32(13-18)10-8-29-37(3,35)36;1-4-9-31-10-5-6-18(13-31)19-14-32(15-19)23-12-28-24-16(2)30-33(25(24)29-23)17(3)21-8-7-20(26)11-22(21)27;1-15(19-4-3-18(25)9-20(19)26)33-24-23(21(10-27)30-33)28-11-22(29-24)32-13-17(14-32)16-5-7-31(12-16)6-2-8-34;1-3(2)7(4,5)6/h6-7,11-12,17,19-20H,4-5,8-10,13-15H2,1-3H3,(H,29,36);6-7,11-12,17-19,29H,4-5,8-10,13-15H2,1-3H3;7-8,11-12,17-19H,4-6,9-10,13-15H2,1-3H3;3-4,9,11,15-17,34H,2,5-8,12-14H2,1H3;3H,1-2H3,(H2,4,5,6). The fourth-order valence-corrected chi connectivity index (χ4v) is 24.3. The largest absolute Gasteiger partial charge is 0.396 e. The summed E-state index contributed by atoms with van der Waals surface area (Å²) < 4.78 is 53.0. The molecule has 790 valence electrons. The molecule has 16 heterocycles. The van der Waals surface area contributed by atoms with E-state index in [1.165, 1.54) is 84.7 Å². The van der Waals surface area contributed by atoms with E-state index in [1.54, 1.807) is 48.1 Å². The van der Waals surface area contributed by atoms with E-state index in [-0.39, 0.29) is 42.4 Å². The number of piperidine rings is 3. The molecule has 20 rings (SSSR count). The molecule has 34 nitrogen and oxygen atoms in total. The van der Waals surface area contributed by atoms with E-state index in [0.717, 1.165) is 239 Å². The van der Waals surface area contributed by atoms with Crippen molar-refractivity contribution in [3.63, 3.8) is 0 Å². The van der Waals surface area contributed by atoms with Crippen LogP contribution in [0.1, 0.15) is 182 Å². The van der Waals surface area contributed by atoms with Crippen LogP contribution in [0.3, 0.4) is 0 Å². The highest BCUT2D eigenvalue weighted by Gasteiger charge is 2.43. The number of sulfonamides is 2. The van der Waals surface area contributed by atoms with E-state index >= 15 is 0 Å². The maximum absolute atomic E-state index is 11.4. The van der Waals surface area contributed by atoms with Gasteiger partial charge in [-0.25, -0.2) is 85.3 Å². The summed E-state index contributed by atoms with van der Waals surface area (Å²) in [5.74, 6) is 8.98. The molecule has 12 aromatic rings. The van der Waals surface area contributed by atoms with Gasteiger partial charge < -0.3 is 49.6 Å². The lowest BCUT2D eigenvalue weighted by Crippen LogP contribution is -2.54. The van der Waals surface area contributed by atoms with Crippen molar-refractivity contribution in [3.05, 3.63) is 183 Å². The highest BCUT2D eigenvalue weighted by molar-refractivity contribution is 7.89. The Kier molecular flexibility index (Phi) is 36.8. The molecule has 0 radical (unpaired) electrons. The highest BCUT2D eigenvalue weighted by atomic mass is 35.5. The molecule has 8 aliphatic rings. The molecule has 1 amide bonds. The molecule has 8 atom stereocenters. The summed E-state index contributed by atoms with van der Waals surface area (Å²) in [5, 5.41) is 49.3. The lowest BCUT2D eigenvalue weighted by Gasteiger charge is -2.47. The third-order valence-electron chi connectivity index (χ3n) is 30.3. The molecule has 8 aromatic heterocycles. The van der Waals surface area contributed by atoms with Crippen LogP contribution in [0.2, 0.25) is 40.2 Å². The molecule has 4 aromatic carbocycles. The quantitative estimate of drug-likeness (QED) is 0.0338. The van der Waals surface area contributed by atoms with Gasteiger partial charge in [-0.2, -0.15) is 25.7 Å². The minimum Gasteiger partial charge on any atom is -0.396 e. The van der Waals surface area contributed by atoms with Crippen LogP contribution in [0.4, 0.5) is 23.3 Å². The Labute approximate surface area is 901 Å². The Bertz CT molecular complexity index is 6930. The number of nitriles is 1. The van der Waals surface area contributed by atoms with Gasteiger partial charge in [-0.1, -0.05) is 124 Å². The van der Waals surface area contributed by atoms with E-state index in [1.807, 2.05) is 103 Å². The number of hydrogen-bond acceptors (Lipinski definition) is 27. The smallest absolute Gasteiger partial charge is 0.216 e. The summed E-state index contributed by atoms with van der Waals surface area (Å²) in [7, 11) is -6.38. The number of carbonyl (C=O) groups excluding carboxylic acids is 1. The second-order valence-corrected chi connectivity index (χ2v) is 48.3. The first-order valence-electron chi connectivity index (χ1n) is 51.1. The van der Waals surface area contributed by atoms with E-state index < -0.39 is 25.3 Å². The zero-order valence-corrected chi connectivity index (χ0v) is 93.1. The van der Waals surface area contributed by atoms with Crippen molar-refractivity contribution in [2.75, 3.05) is 176 Å². The number of aliphatic hydroxyl groups excluding tert-OH is 1. The summed E-state index contributed by atoms with van der Waals surface area (Å²) in [6.45, 7) is 43.3. The van der Waals surface area contributed by atoms with E-state index in [4.69, 9.17) is 148 Å². The topological polar surface area (TPSA) is 380 Å². The van der Waals surface area contributed by atoms with Gasteiger partial charge in [0.25, 0.3) is 0 Å². The van der Waals surface area contributed by atoms with Gasteiger partial charge in [0.15, 0.2) is 28.3 Å². The monoisotopic (exact) mass is 2200 g/mol. The number of aromatic nitrogens is 16. The number of nitrogens with zero attached hydrogens (tertiary/aromatic N) is 25. The minimum absolute atomic E-state index is 0.0402. The van der Waals surface area contributed by atoms with Crippen LogP contribution in [0, 0.1) is 79.4 Å². The zero-order valence-electron chi connectivity index (χ0n) is 85.5. The molecule has 0 bridgehead atoms. The Morgan fingerprint density at radius 3 is 1.03 bits per heavy atom. The molecular formula is C103H134Cl8N28O6S2. The molecule has 0 spiro atoms. The van der Waals surface area contributed by atoms with Crippen molar-refractivity contribution in [2.24, 2.45) is 52.5 Å². The van der Waals surface area contributed by atoms with Crippen molar-refractivity contribution in [2.45, 2.75) is 163 Å². The lowest BCUT2D eigenvalue weighted by molar-refractivity contribution is -0.119. The van der Waals surface area contributed by atoms with Gasteiger partial charge in [0.05, 0.1) is 77.5 Å². The normalized spacial score (nSPS) is 19.9. The maximum atomic E-state index is 11.4. The molecule has 0 saturated carbocycles. The Morgan fingerprint density at radius 2 is 0.735 bits per heavy atom. The number of amides is 1. The molecule has 8 fully saturated rings. The van der Waals surface area contributed by atoms with Crippen molar-refractivity contribution >= 4 is 187 Å². The fourth-order valence-electron chi connectivity index (χ4n) is 21.5. The van der Waals surface area contributed by atoms with Crippen LogP contribution in [0.5, 0.6) is 0 Å². The molecule has 5 N–H and O–H groups in total. The molecular weight excluding hydrogens is 2070 g/mol. The third kappa shape index (κ3) is 26.7. The summed E-state index contributed by atoms with van der Waals surface area (Å²) >= 11 is 50.3. The minimum atomic E-state index is -3.24. The first-order chi connectivity index (χ1) is 70.2. The van der Waals surface area contributed by atoms with Crippen molar-refractivity contribution < 1.29 is 26.7 Å². The van der Waals surface area contributed by atoms with Crippen LogP contribution in [0.15, 0.2) is 97.6 Å². The highest BCUT2D eigenvalue weighted by Crippen LogP contribution is 2.43. The second kappa shape index (κ2) is 48.9. The number of aryl methyl sites for hydroxylation is 3. The van der Waals surface area contributed by atoms with Gasteiger partial charge >= 0.3 is 0 Å². The molecule has 8 unspecified atom stereocenters. The Hall–Kier alpha value is -8.82.